The van der Waals surface area contributed by atoms with Gasteiger partial charge in [-0.05, 0) is 56.7 Å². The number of aryl methyl sites for hydroxylation is 1. The second-order valence-electron chi connectivity index (χ2n) is 11.4. The predicted molar refractivity (Wildman–Crippen MR) is 157 cm³/mol. The summed E-state index contributed by atoms with van der Waals surface area (Å²) in [6.07, 6.45) is 6.13. The van der Waals surface area contributed by atoms with Crippen LogP contribution in [0.2, 0.25) is 0 Å². The van der Waals surface area contributed by atoms with Gasteiger partial charge in [-0.3, -0.25) is 10.3 Å². The number of ether oxygens (including phenoxy) is 2. The van der Waals surface area contributed by atoms with Crippen molar-refractivity contribution in [2.24, 2.45) is 0 Å². The Morgan fingerprint density at radius 3 is 2.68 bits per heavy atom. The number of pyridine rings is 1. The monoisotopic (exact) mass is 574 g/mol. The van der Waals surface area contributed by atoms with Crippen LogP contribution in [0.5, 0.6) is 0 Å². The highest BCUT2D eigenvalue weighted by Crippen LogP contribution is 2.46. The average Bonchev–Trinajstić information content (AvgIpc) is 3.69. The largest absolute Gasteiger partial charge is 0.444 e. The van der Waals surface area contributed by atoms with Crippen LogP contribution in [0.25, 0.3) is 32.2 Å². The maximum atomic E-state index is 15.3. The first-order valence-corrected chi connectivity index (χ1v) is 14.7. The molecule has 5 heterocycles. The van der Waals surface area contributed by atoms with E-state index < -0.39 is 17.5 Å². The van der Waals surface area contributed by atoms with Gasteiger partial charge in [-0.2, -0.15) is 5.26 Å². The Balaban J connectivity index is 1.61. The van der Waals surface area contributed by atoms with Crippen LogP contribution in [0, 0.1) is 17.1 Å². The molecule has 1 N–H and O–H groups in total. The van der Waals surface area contributed by atoms with E-state index in [1.807, 2.05) is 6.20 Å². The van der Waals surface area contributed by atoms with Gasteiger partial charge in [0, 0.05) is 35.6 Å². The molecule has 0 radical (unpaired) electrons. The van der Waals surface area contributed by atoms with Crippen LogP contribution in [0.4, 0.5) is 20.1 Å². The van der Waals surface area contributed by atoms with Crippen LogP contribution in [0.1, 0.15) is 69.2 Å². The number of anilines is 2. The van der Waals surface area contributed by atoms with Gasteiger partial charge in [0.1, 0.15) is 16.7 Å². The molecule has 0 aliphatic carbocycles. The number of hydrogen-bond donors (Lipinski definition) is 1. The lowest BCUT2D eigenvalue weighted by molar-refractivity contribution is 0.0636. The summed E-state index contributed by atoms with van der Waals surface area (Å²) < 4.78 is 26.8. The minimum absolute atomic E-state index is 0.147. The summed E-state index contributed by atoms with van der Waals surface area (Å²) in [4.78, 5) is 29.2. The molecule has 41 heavy (non-hydrogen) atoms. The lowest BCUT2D eigenvalue weighted by atomic mass is 9.88. The number of nitrogens with zero attached hydrogens (tertiary/aromatic N) is 5. The summed E-state index contributed by atoms with van der Waals surface area (Å²) in [7, 11) is 0. The molecule has 1 fully saturated rings. The normalized spacial score (nSPS) is 15.0. The quantitative estimate of drug-likeness (QED) is 0.275. The number of fused-ring (bicyclic) bond motifs is 4. The van der Waals surface area contributed by atoms with Gasteiger partial charge in [0.15, 0.2) is 5.82 Å². The zero-order chi connectivity index (χ0) is 28.9. The molecule has 2 aliphatic heterocycles. The third-order valence-electron chi connectivity index (χ3n) is 7.37. The average molecular weight is 575 g/mol. The summed E-state index contributed by atoms with van der Waals surface area (Å²) in [5.74, 6) is 0.137. The molecular weight excluding hydrogens is 543 g/mol. The van der Waals surface area contributed by atoms with E-state index in [0.29, 0.717) is 36.7 Å². The van der Waals surface area contributed by atoms with E-state index in [1.54, 1.807) is 20.8 Å². The molecule has 11 heteroatoms. The Hall–Kier alpha value is -3.88. The number of rotatable bonds is 5. The molecular formula is C30H31FN6O3S. The van der Waals surface area contributed by atoms with Crippen LogP contribution >= 0.6 is 11.3 Å². The second kappa shape index (κ2) is 10.5. The zero-order valence-electron chi connectivity index (χ0n) is 23.6. The number of nitrogens with one attached hydrogen (secondary N) is 1. The molecule has 0 bridgehead atoms. The standard InChI is InChI=1S/C30H31FN6O3S/c1-5-8-16-22(20-15-39-14-19(20)18-12-34-28(35-24(16)18)37-9-6-7-10-37)25-23-17(11-32)27(36-29(38)40-30(2,3)4)41-26(23)21(31)13-33-25/h12-13H,5-10,14-15H2,1-4H3,(H,36,38). The van der Waals surface area contributed by atoms with Crippen molar-refractivity contribution in [3.8, 4) is 17.3 Å². The van der Waals surface area contributed by atoms with Crippen molar-refractivity contribution in [3.05, 3.63) is 40.5 Å². The number of hydrogen-bond acceptors (Lipinski definition) is 9. The zero-order valence-corrected chi connectivity index (χ0v) is 24.4. The van der Waals surface area contributed by atoms with Gasteiger partial charge in [-0.25, -0.2) is 19.2 Å². The Morgan fingerprint density at radius 2 is 1.98 bits per heavy atom. The molecule has 212 valence electrons. The molecule has 6 rings (SSSR count). The number of halogens is 1. The van der Waals surface area contributed by atoms with E-state index in [1.165, 1.54) is 6.20 Å². The van der Waals surface area contributed by atoms with Crippen molar-refractivity contribution in [1.29, 1.82) is 5.26 Å². The van der Waals surface area contributed by atoms with Gasteiger partial charge in [0.2, 0.25) is 5.95 Å². The Labute approximate surface area is 241 Å². The fourth-order valence-corrected chi connectivity index (χ4v) is 6.75. The molecule has 1 aromatic carbocycles. The number of thiophene rings is 1. The van der Waals surface area contributed by atoms with Gasteiger partial charge in [0.25, 0.3) is 0 Å². The number of carbonyl (C=O) groups excluding carboxylic acids is 1. The molecule has 2 aliphatic rings. The molecule has 1 saturated heterocycles. The first kappa shape index (κ1) is 27.3. The maximum absolute atomic E-state index is 15.3. The fraction of sp³-hybridized carbons (Fsp3) is 0.433. The van der Waals surface area contributed by atoms with E-state index in [4.69, 9.17) is 19.4 Å². The minimum Gasteiger partial charge on any atom is -0.444 e. The number of amides is 1. The van der Waals surface area contributed by atoms with E-state index >= 15 is 4.39 Å². The Kier molecular flexibility index (Phi) is 6.99. The summed E-state index contributed by atoms with van der Waals surface area (Å²) in [5.41, 5.74) is 4.48. The Morgan fingerprint density at radius 1 is 1.22 bits per heavy atom. The van der Waals surface area contributed by atoms with Crippen molar-refractivity contribution in [2.75, 3.05) is 23.3 Å². The predicted octanol–water partition coefficient (Wildman–Crippen LogP) is 6.85. The Bertz CT molecular complexity index is 1730. The van der Waals surface area contributed by atoms with E-state index in [-0.39, 0.29) is 15.3 Å². The summed E-state index contributed by atoms with van der Waals surface area (Å²) in [6.45, 7) is 9.96. The van der Waals surface area contributed by atoms with Crippen LogP contribution in [0.3, 0.4) is 0 Å². The lowest BCUT2D eigenvalue weighted by Crippen LogP contribution is -2.27. The molecule has 0 unspecified atom stereocenters. The van der Waals surface area contributed by atoms with Crippen LogP contribution in [-0.2, 0) is 29.1 Å². The van der Waals surface area contributed by atoms with Gasteiger partial charge in [-0.1, -0.05) is 13.3 Å². The highest BCUT2D eigenvalue weighted by atomic mass is 32.1. The van der Waals surface area contributed by atoms with Gasteiger partial charge < -0.3 is 14.4 Å². The molecule has 0 atom stereocenters. The molecule has 0 spiro atoms. The summed E-state index contributed by atoms with van der Waals surface area (Å²) in [5, 5.41) is 14.5. The molecule has 4 aromatic rings. The summed E-state index contributed by atoms with van der Waals surface area (Å²) >= 11 is 1.00. The van der Waals surface area contributed by atoms with Crippen LogP contribution < -0.4 is 10.2 Å². The van der Waals surface area contributed by atoms with Crippen molar-refractivity contribution in [3.63, 3.8) is 0 Å². The van der Waals surface area contributed by atoms with Crippen molar-refractivity contribution >= 4 is 49.4 Å². The SMILES string of the molecule is CCCc1c(-c2ncc(F)c3sc(NC(=O)OC(C)(C)C)c(C#N)c23)c2c(c3cnc(N4CCCC4)nc13)COC2. The first-order chi connectivity index (χ1) is 19.7. The van der Waals surface area contributed by atoms with Crippen molar-refractivity contribution in [2.45, 2.75) is 72.2 Å². The molecule has 0 saturated carbocycles. The van der Waals surface area contributed by atoms with E-state index in [0.717, 1.165) is 76.8 Å². The van der Waals surface area contributed by atoms with Gasteiger partial charge in [0.05, 0.1) is 40.9 Å². The number of benzene rings is 1. The fourth-order valence-electron chi connectivity index (χ4n) is 5.72. The van der Waals surface area contributed by atoms with Crippen LogP contribution in [0.15, 0.2) is 12.4 Å². The van der Waals surface area contributed by atoms with E-state index in [2.05, 4.69) is 28.2 Å². The van der Waals surface area contributed by atoms with E-state index in [9.17, 15) is 10.1 Å². The smallest absolute Gasteiger partial charge is 0.412 e. The van der Waals surface area contributed by atoms with Gasteiger partial charge in [-0.15, -0.1) is 11.3 Å². The number of nitriles is 1. The number of carbonyl (C=O) groups is 1. The molecule has 3 aromatic heterocycles. The van der Waals surface area contributed by atoms with Gasteiger partial charge >= 0.3 is 6.09 Å². The summed E-state index contributed by atoms with van der Waals surface area (Å²) in [6, 6.07) is 2.20. The minimum atomic E-state index is -0.734. The topological polar surface area (TPSA) is 113 Å². The van der Waals surface area contributed by atoms with Crippen molar-refractivity contribution < 1.29 is 18.7 Å². The maximum Gasteiger partial charge on any atom is 0.412 e. The molecule has 9 nitrogen and oxygen atoms in total. The van der Waals surface area contributed by atoms with Crippen molar-refractivity contribution in [1.82, 2.24) is 15.0 Å². The second-order valence-corrected chi connectivity index (χ2v) is 12.4. The lowest BCUT2D eigenvalue weighted by Gasteiger charge is -2.20. The van der Waals surface area contributed by atoms with Crippen LogP contribution in [-0.4, -0.2) is 39.7 Å². The highest BCUT2D eigenvalue weighted by Gasteiger charge is 2.30. The first-order valence-electron chi connectivity index (χ1n) is 13.9. The third-order valence-corrected chi connectivity index (χ3v) is 8.48. The third kappa shape index (κ3) is 4.85. The molecule has 1 amide bonds. The number of aromatic nitrogens is 3. The highest BCUT2D eigenvalue weighted by molar-refractivity contribution is 7.23.